The van der Waals surface area contributed by atoms with Crippen molar-refractivity contribution in [1.29, 1.82) is 0 Å². The van der Waals surface area contributed by atoms with Crippen molar-refractivity contribution in [2.75, 3.05) is 13.1 Å². The van der Waals surface area contributed by atoms with Gasteiger partial charge in [-0.15, -0.1) is 0 Å². The number of hydrogen-bond acceptors (Lipinski definition) is 3. The van der Waals surface area contributed by atoms with E-state index in [1.165, 1.54) is 16.7 Å². The molecule has 2 aromatic rings. The highest BCUT2D eigenvalue weighted by molar-refractivity contribution is 6.03. The van der Waals surface area contributed by atoms with Crippen LogP contribution in [0, 0.1) is 0 Å². The first-order valence-corrected chi connectivity index (χ1v) is 6.84. The van der Waals surface area contributed by atoms with Gasteiger partial charge in [-0.25, -0.2) is 5.12 Å². The molecule has 0 aliphatic carbocycles. The lowest BCUT2D eigenvalue weighted by Crippen LogP contribution is -2.28. The van der Waals surface area contributed by atoms with Gasteiger partial charge in [-0.1, -0.05) is 54.6 Å². The molecule has 3 nitrogen and oxygen atoms in total. The molecule has 2 aliphatic rings. The Hall–Kier alpha value is -2.39. The number of fused-ring (bicyclic) bond motifs is 1. The molecular formula is C17H15N3. The molecule has 2 aliphatic heterocycles. The smallest absolute Gasteiger partial charge is 0.0857 e. The van der Waals surface area contributed by atoms with Crippen LogP contribution in [-0.4, -0.2) is 28.9 Å². The van der Waals surface area contributed by atoms with Crippen LogP contribution in [0.3, 0.4) is 0 Å². The maximum Gasteiger partial charge on any atom is 0.0857 e. The van der Waals surface area contributed by atoms with E-state index in [4.69, 9.17) is 0 Å². The normalized spacial score (nSPS) is 17.4. The number of hydrogen-bond donors (Lipinski definition) is 0. The summed E-state index contributed by atoms with van der Waals surface area (Å²) in [5.74, 6) is 0. The standard InChI is InChI=1S/C17H15N3/c1-2-5-14(6-3-1)15-7-9-16(10-8-15)17-13-19-11-4-12-20(19)18-17/h1-10,12H,11,13H2. The van der Waals surface area contributed by atoms with Gasteiger partial charge in [-0.2, -0.15) is 10.1 Å². The van der Waals surface area contributed by atoms with E-state index < -0.39 is 0 Å². The van der Waals surface area contributed by atoms with Crippen molar-refractivity contribution in [1.82, 2.24) is 10.1 Å². The van der Waals surface area contributed by atoms with E-state index in [1.54, 1.807) is 0 Å². The van der Waals surface area contributed by atoms with Crippen molar-refractivity contribution in [3.8, 4) is 11.1 Å². The summed E-state index contributed by atoms with van der Waals surface area (Å²) in [5.41, 5.74) is 4.83. The molecule has 0 radical (unpaired) electrons. The summed E-state index contributed by atoms with van der Waals surface area (Å²) in [4.78, 5) is 0. The Morgan fingerprint density at radius 3 is 2.25 bits per heavy atom. The number of hydrazine groups is 1. The third-order valence-corrected chi connectivity index (χ3v) is 3.73. The van der Waals surface area contributed by atoms with Crippen molar-refractivity contribution >= 4 is 5.71 Å². The van der Waals surface area contributed by atoms with Gasteiger partial charge in [0, 0.05) is 12.7 Å². The average Bonchev–Trinajstić information content (AvgIpc) is 3.10. The van der Waals surface area contributed by atoms with Crippen molar-refractivity contribution in [3.05, 3.63) is 72.4 Å². The van der Waals surface area contributed by atoms with Crippen molar-refractivity contribution < 1.29 is 0 Å². The molecular weight excluding hydrogens is 246 g/mol. The Kier molecular flexibility index (Phi) is 2.64. The highest BCUT2D eigenvalue weighted by Gasteiger charge is 2.25. The Labute approximate surface area is 118 Å². The summed E-state index contributed by atoms with van der Waals surface area (Å²) >= 11 is 0. The molecule has 0 aromatic heterocycles. The first kappa shape index (κ1) is 11.4. The van der Waals surface area contributed by atoms with Gasteiger partial charge in [0.15, 0.2) is 0 Å². The largest absolute Gasteiger partial charge is 0.201 e. The van der Waals surface area contributed by atoms with Gasteiger partial charge >= 0.3 is 0 Å². The second kappa shape index (κ2) is 4.62. The van der Waals surface area contributed by atoms with Crippen LogP contribution in [0.15, 0.2) is 72.0 Å². The summed E-state index contributed by atoms with van der Waals surface area (Å²) in [6, 6.07) is 19.1. The Morgan fingerprint density at radius 2 is 1.50 bits per heavy atom. The molecule has 20 heavy (non-hydrogen) atoms. The Bertz CT molecular complexity index is 671. The van der Waals surface area contributed by atoms with Gasteiger partial charge in [0.1, 0.15) is 0 Å². The lowest BCUT2D eigenvalue weighted by Gasteiger charge is -2.15. The summed E-state index contributed by atoms with van der Waals surface area (Å²) < 4.78 is 0. The number of hydrazone groups is 1. The van der Waals surface area contributed by atoms with E-state index in [-0.39, 0.29) is 0 Å². The minimum absolute atomic E-state index is 0.887. The molecule has 3 heteroatoms. The average molecular weight is 261 g/mol. The van der Waals surface area contributed by atoms with Crippen LogP contribution in [0.4, 0.5) is 0 Å². The van der Waals surface area contributed by atoms with E-state index in [0.29, 0.717) is 0 Å². The summed E-state index contributed by atoms with van der Waals surface area (Å²) in [7, 11) is 0. The third-order valence-electron chi connectivity index (χ3n) is 3.73. The van der Waals surface area contributed by atoms with Crippen LogP contribution < -0.4 is 0 Å². The molecule has 0 amide bonds. The van der Waals surface area contributed by atoms with Crippen molar-refractivity contribution in [2.24, 2.45) is 5.10 Å². The predicted molar refractivity (Wildman–Crippen MR) is 81.0 cm³/mol. The van der Waals surface area contributed by atoms with E-state index in [1.807, 2.05) is 17.4 Å². The predicted octanol–water partition coefficient (Wildman–Crippen LogP) is 3.12. The van der Waals surface area contributed by atoms with Gasteiger partial charge in [0.05, 0.1) is 12.3 Å². The van der Waals surface area contributed by atoms with Gasteiger partial charge < -0.3 is 0 Å². The second-order valence-corrected chi connectivity index (χ2v) is 5.04. The molecule has 0 saturated carbocycles. The molecule has 0 spiro atoms. The lowest BCUT2D eigenvalue weighted by atomic mass is 10.0. The molecule has 0 N–H and O–H groups in total. The monoisotopic (exact) mass is 261 g/mol. The highest BCUT2D eigenvalue weighted by atomic mass is 15.8. The maximum atomic E-state index is 4.61. The summed E-state index contributed by atoms with van der Waals surface area (Å²) in [5, 5.41) is 8.75. The zero-order valence-corrected chi connectivity index (χ0v) is 11.1. The van der Waals surface area contributed by atoms with Gasteiger partial charge in [0.25, 0.3) is 0 Å². The van der Waals surface area contributed by atoms with Crippen LogP contribution in [0.25, 0.3) is 11.1 Å². The second-order valence-electron chi connectivity index (χ2n) is 5.04. The van der Waals surface area contributed by atoms with E-state index in [0.717, 1.165) is 18.8 Å². The van der Waals surface area contributed by atoms with Crippen molar-refractivity contribution in [2.45, 2.75) is 0 Å². The number of nitrogens with zero attached hydrogens (tertiary/aromatic N) is 3. The molecule has 2 heterocycles. The summed E-state index contributed by atoms with van der Waals surface area (Å²) in [6.07, 6.45) is 4.14. The molecule has 2 aromatic carbocycles. The minimum Gasteiger partial charge on any atom is -0.201 e. The van der Waals surface area contributed by atoms with Crippen molar-refractivity contribution in [3.63, 3.8) is 0 Å². The quantitative estimate of drug-likeness (QED) is 0.827. The molecule has 0 bridgehead atoms. The third kappa shape index (κ3) is 1.92. The zero-order chi connectivity index (χ0) is 13.4. The first-order valence-electron chi connectivity index (χ1n) is 6.84. The molecule has 0 saturated heterocycles. The highest BCUT2D eigenvalue weighted by Crippen LogP contribution is 2.22. The molecule has 4 rings (SSSR count). The van der Waals surface area contributed by atoms with Gasteiger partial charge in [0.2, 0.25) is 0 Å². The topological polar surface area (TPSA) is 18.8 Å². The lowest BCUT2D eigenvalue weighted by molar-refractivity contribution is 0.0965. The number of rotatable bonds is 2. The van der Waals surface area contributed by atoms with E-state index in [9.17, 15) is 0 Å². The van der Waals surface area contributed by atoms with Crippen LogP contribution >= 0.6 is 0 Å². The van der Waals surface area contributed by atoms with E-state index in [2.05, 4.69) is 64.7 Å². The van der Waals surface area contributed by atoms with Gasteiger partial charge in [-0.05, 0) is 22.8 Å². The fraction of sp³-hybridized carbons (Fsp3) is 0.118. The van der Waals surface area contributed by atoms with Gasteiger partial charge in [-0.3, -0.25) is 0 Å². The number of benzene rings is 2. The fourth-order valence-corrected chi connectivity index (χ4v) is 2.64. The molecule has 0 fully saturated rings. The first-order chi connectivity index (χ1) is 9.90. The zero-order valence-electron chi connectivity index (χ0n) is 11.1. The minimum atomic E-state index is 0.887. The summed E-state index contributed by atoms with van der Waals surface area (Å²) in [6.45, 7) is 1.84. The van der Waals surface area contributed by atoms with Crippen LogP contribution in [0.5, 0.6) is 0 Å². The molecule has 0 atom stereocenters. The van der Waals surface area contributed by atoms with Crippen LogP contribution in [0.2, 0.25) is 0 Å². The SMILES string of the molecule is C1=CN2N=C(c3ccc(-c4ccccc4)cc3)CN2C1. The Morgan fingerprint density at radius 1 is 0.800 bits per heavy atom. The molecule has 0 unspecified atom stereocenters. The molecule has 98 valence electrons. The maximum absolute atomic E-state index is 4.61. The Balaban J connectivity index is 1.61. The van der Waals surface area contributed by atoms with E-state index >= 15 is 0 Å². The van der Waals surface area contributed by atoms with Crippen LogP contribution in [0.1, 0.15) is 5.56 Å². The fourth-order valence-electron chi connectivity index (χ4n) is 2.64. The van der Waals surface area contributed by atoms with Crippen LogP contribution in [-0.2, 0) is 0 Å².